The summed E-state index contributed by atoms with van der Waals surface area (Å²) in [5.41, 5.74) is 9.20. The van der Waals surface area contributed by atoms with E-state index in [9.17, 15) is 4.79 Å². The molecule has 0 unspecified atom stereocenters. The van der Waals surface area contributed by atoms with Crippen molar-refractivity contribution in [3.63, 3.8) is 0 Å². The molecule has 5 rings (SSSR count). The number of fused-ring (bicyclic) bond motifs is 1. The number of nitrogen functional groups attached to an aromatic ring is 1. The number of hydrogen-bond donors (Lipinski definition) is 4. The van der Waals surface area contributed by atoms with E-state index in [0.717, 1.165) is 48.0 Å². The van der Waals surface area contributed by atoms with Gasteiger partial charge in [-0.3, -0.25) is 15.3 Å². The highest BCUT2D eigenvalue weighted by molar-refractivity contribution is 6.15. The number of anilines is 2. The van der Waals surface area contributed by atoms with Crippen LogP contribution in [0.5, 0.6) is 0 Å². The summed E-state index contributed by atoms with van der Waals surface area (Å²) in [6.45, 7) is 4.24. The summed E-state index contributed by atoms with van der Waals surface area (Å²) in [7, 11) is 2.11. The predicted molar refractivity (Wildman–Crippen MR) is 137 cm³/mol. The third-order valence-corrected chi connectivity index (χ3v) is 6.77. The van der Waals surface area contributed by atoms with Crippen LogP contribution in [0.25, 0.3) is 10.8 Å². The molecule has 4 heterocycles. The maximum Gasteiger partial charge on any atom is 0.259 e. The molecule has 1 aromatic carbocycles. The molecular weight excluding hydrogens is 442 g/mol. The topological polar surface area (TPSA) is 142 Å². The van der Waals surface area contributed by atoms with Gasteiger partial charge in [0, 0.05) is 23.5 Å². The fraction of sp³-hybridized carbons (Fsp3) is 0.320. The molecule has 1 aliphatic heterocycles. The first kappa shape index (κ1) is 22.7. The minimum Gasteiger partial charge on any atom is -0.383 e. The second-order valence-corrected chi connectivity index (χ2v) is 9.08. The molecule has 10 nitrogen and oxygen atoms in total. The van der Waals surface area contributed by atoms with Gasteiger partial charge in [0.25, 0.3) is 5.56 Å². The zero-order chi connectivity index (χ0) is 24.5. The van der Waals surface area contributed by atoms with E-state index in [1.165, 1.54) is 6.33 Å². The SMILES string of the molecule is Cc1cccc2cc(CNc3ncnc(N)c3C(=N)c3cn[nH]c3)n(C3CCN(C)CC3)c(=O)c12. The van der Waals surface area contributed by atoms with Crippen molar-refractivity contribution >= 4 is 28.1 Å². The molecule has 0 bridgehead atoms. The van der Waals surface area contributed by atoms with Crippen LogP contribution in [0.3, 0.4) is 0 Å². The Morgan fingerprint density at radius 3 is 2.83 bits per heavy atom. The molecule has 35 heavy (non-hydrogen) atoms. The summed E-state index contributed by atoms with van der Waals surface area (Å²) in [4.78, 5) is 24.5. The molecular formula is C25H29N9O. The lowest BCUT2D eigenvalue weighted by molar-refractivity contribution is 0.217. The first-order chi connectivity index (χ1) is 16.9. The number of pyridine rings is 1. The third kappa shape index (κ3) is 4.28. The molecule has 1 aliphatic rings. The molecule has 5 N–H and O–H groups in total. The second-order valence-electron chi connectivity index (χ2n) is 9.08. The lowest BCUT2D eigenvalue weighted by Crippen LogP contribution is -2.37. The number of piperidine rings is 1. The zero-order valence-corrected chi connectivity index (χ0v) is 19.9. The summed E-state index contributed by atoms with van der Waals surface area (Å²) in [5.74, 6) is 0.644. The lowest BCUT2D eigenvalue weighted by atomic mass is 10.0. The number of aromatic nitrogens is 5. The van der Waals surface area contributed by atoms with Gasteiger partial charge in [0.15, 0.2) is 0 Å². The van der Waals surface area contributed by atoms with E-state index in [1.54, 1.807) is 12.4 Å². The number of likely N-dealkylation sites (tertiary alicyclic amines) is 1. The fourth-order valence-electron chi connectivity index (χ4n) is 4.88. The predicted octanol–water partition coefficient (Wildman–Crippen LogP) is 2.70. The van der Waals surface area contributed by atoms with E-state index >= 15 is 0 Å². The molecule has 0 radical (unpaired) electrons. The molecule has 4 aromatic rings. The summed E-state index contributed by atoms with van der Waals surface area (Å²) in [6, 6.07) is 8.15. The van der Waals surface area contributed by atoms with Crippen LogP contribution in [0.15, 0.2) is 47.8 Å². The van der Waals surface area contributed by atoms with E-state index in [0.29, 0.717) is 23.5 Å². The van der Waals surface area contributed by atoms with Crippen molar-refractivity contribution in [2.45, 2.75) is 32.4 Å². The van der Waals surface area contributed by atoms with Crippen molar-refractivity contribution < 1.29 is 0 Å². The van der Waals surface area contributed by atoms with Gasteiger partial charge in [0.1, 0.15) is 18.0 Å². The Morgan fingerprint density at radius 2 is 2.09 bits per heavy atom. The van der Waals surface area contributed by atoms with Crippen LogP contribution in [0, 0.1) is 12.3 Å². The first-order valence-corrected chi connectivity index (χ1v) is 11.7. The lowest BCUT2D eigenvalue weighted by Gasteiger charge is -2.32. The molecule has 3 aromatic heterocycles. The van der Waals surface area contributed by atoms with Crippen LogP contribution in [-0.4, -0.2) is 55.5 Å². The Hall–Kier alpha value is -4.05. The maximum absolute atomic E-state index is 13.8. The van der Waals surface area contributed by atoms with Gasteiger partial charge in [-0.1, -0.05) is 18.2 Å². The van der Waals surface area contributed by atoms with Gasteiger partial charge in [-0.15, -0.1) is 0 Å². The van der Waals surface area contributed by atoms with E-state index in [2.05, 4.69) is 43.5 Å². The van der Waals surface area contributed by atoms with E-state index < -0.39 is 0 Å². The van der Waals surface area contributed by atoms with Gasteiger partial charge >= 0.3 is 0 Å². The minimum absolute atomic E-state index is 0.0421. The molecule has 0 saturated carbocycles. The average Bonchev–Trinajstić information content (AvgIpc) is 3.38. The van der Waals surface area contributed by atoms with Gasteiger partial charge < -0.3 is 20.5 Å². The summed E-state index contributed by atoms with van der Waals surface area (Å²) in [6.07, 6.45) is 6.39. The van der Waals surface area contributed by atoms with Crippen LogP contribution < -0.4 is 16.6 Å². The third-order valence-electron chi connectivity index (χ3n) is 6.77. The van der Waals surface area contributed by atoms with Crippen molar-refractivity contribution in [3.05, 3.63) is 75.7 Å². The summed E-state index contributed by atoms with van der Waals surface area (Å²) in [5, 5.41) is 20.3. The maximum atomic E-state index is 13.8. The minimum atomic E-state index is 0.0421. The van der Waals surface area contributed by atoms with Gasteiger partial charge in [-0.2, -0.15) is 5.10 Å². The van der Waals surface area contributed by atoms with Gasteiger partial charge in [-0.05, 0) is 56.9 Å². The monoisotopic (exact) mass is 471 g/mol. The molecule has 10 heteroatoms. The van der Waals surface area contributed by atoms with Crippen LogP contribution in [0.4, 0.5) is 11.6 Å². The fourth-order valence-corrected chi connectivity index (χ4v) is 4.88. The summed E-state index contributed by atoms with van der Waals surface area (Å²) < 4.78 is 1.96. The van der Waals surface area contributed by atoms with Crippen LogP contribution >= 0.6 is 0 Å². The number of nitrogens with one attached hydrogen (secondary N) is 3. The highest BCUT2D eigenvalue weighted by atomic mass is 16.1. The highest BCUT2D eigenvalue weighted by Crippen LogP contribution is 2.27. The Balaban J connectivity index is 1.55. The Bertz CT molecular complexity index is 1430. The molecule has 0 aliphatic carbocycles. The number of nitrogens with zero attached hydrogens (tertiary/aromatic N) is 5. The smallest absolute Gasteiger partial charge is 0.259 e. The first-order valence-electron chi connectivity index (χ1n) is 11.7. The van der Waals surface area contributed by atoms with Crippen molar-refractivity contribution in [2.75, 3.05) is 31.2 Å². The van der Waals surface area contributed by atoms with E-state index in [-0.39, 0.29) is 23.1 Å². The number of aromatic amines is 1. The Labute approximate surface area is 202 Å². The molecule has 180 valence electrons. The van der Waals surface area contributed by atoms with Gasteiger partial charge in [0.2, 0.25) is 0 Å². The number of H-pyrrole nitrogens is 1. The van der Waals surface area contributed by atoms with Crippen molar-refractivity contribution in [1.29, 1.82) is 5.41 Å². The number of hydrogen-bond acceptors (Lipinski definition) is 8. The van der Waals surface area contributed by atoms with E-state index in [1.807, 2.05) is 29.7 Å². The molecule has 0 atom stereocenters. The quantitative estimate of drug-likeness (QED) is 0.317. The van der Waals surface area contributed by atoms with Gasteiger partial charge in [-0.25, -0.2) is 9.97 Å². The van der Waals surface area contributed by atoms with Crippen molar-refractivity contribution in [2.24, 2.45) is 0 Å². The molecule has 1 fully saturated rings. The number of rotatable bonds is 6. The molecule has 0 spiro atoms. The van der Waals surface area contributed by atoms with Crippen LogP contribution in [-0.2, 0) is 6.54 Å². The average molecular weight is 472 g/mol. The van der Waals surface area contributed by atoms with Crippen molar-refractivity contribution in [1.82, 2.24) is 29.6 Å². The van der Waals surface area contributed by atoms with E-state index in [4.69, 9.17) is 11.1 Å². The molecule has 1 saturated heterocycles. The standard InChI is InChI=1S/C25H29N9O/c1-15-4-3-5-16-10-19(34(25(35)20(15)16)18-6-8-33(2)9-7-18)13-28-24-21(23(27)29-14-30-24)22(26)17-11-31-32-12-17/h3-5,10-12,14,18,26H,6-9,13H2,1-2H3,(H,31,32)(H3,27,28,29,30). The highest BCUT2D eigenvalue weighted by Gasteiger charge is 2.24. The number of benzene rings is 1. The zero-order valence-electron chi connectivity index (χ0n) is 19.9. The Morgan fingerprint density at radius 1 is 1.29 bits per heavy atom. The largest absolute Gasteiger partial charge is 0.383 e. The molecule has 0 amide bonds. The van der Waals surface area contributed by atoms with Crippen LogP contribution in [0.1, 0.15) is 41.3 Å². The Kier molecular flexibility index (Phi) is 6.04. The summed E-state index contributed by atoms with van der Waals surface area (Å²) >= 11 is 0. The second kappa shape index (κ2) is 9.30. The van der Waals surface area contributed by atoms with Gasteiger partial charge in [0.05, 0.1) is 29.4 Å². The number of aryl methyl sites for hydroxylation is 1. The normalized spacial score (nSPS) is 14.9. The van der Waals surface area contributed by atoms with Crippen LogP contribution in [0.2, 0.25) is 0 Å². The number of nitrogens with two attached hydrogens (primary N) is 1. The van der Waals surface area contributed by atoms with Crippen molar-refractivity contribution in [3.8, 4) is 0 Å².